The second-order valence-electron chi connectivity index (χ2n) is 6.71. The van der Waals surface area contributed by atoms with Crippen LogP contribution in [0.1, 0.15) is 23.1 Å². The van der Waals surface area contributed by atoms with Crippen LogP contribution in [0.2, 0.25) is 0 Å². The molecule has 0 saturated heterocycles. The quantitative estimate of drug-likeness (QED) is 0.665. The second-order valence-corrected chi connectivity index (χ2v) is 9.56. The lowest BCUT2D eigenvalue weighted by atomic mass is 10.1. The van der Waals surface area contributed by atoms with E-state index in [0.29, 0.717) is 4.90 Å². The lowest BCUT2D eigenvalue weighted by Gasteiger charge is -2.25. The van der Waals surface area contributed by atoms with Gasteiger partial charge in [-0.05, 0) is 50.5 Å². The SMILES string of the molecule is Cc1nc(-c2ccc(C)c(S(=O)(=O)N3c4ccccc4CC3C)c2)cs1. The summed E-state index contributed by atoms with van der Waals surface area (Å²) >= 11 is 1.56. The fourth-order valence-electron chi connectivity index (χ4n) is 3.54. The first kappa shape index (κ1) is 17.2. The van der Waals surface area contributed by atoms with Crippen molar-refractivity contribution in [1.82, 2.24) is 4.98 Å². The minimum Gasteiger partial charge on any atom is -0.263 e. The van der Waals surface area contributed by atoms with Gasteiger partial charge in [-0.2, -0.15) is 0 Å². The molecule has 0 radical (unpaired) electrons. The van der Waals surface area contributed by atoms with Crippen LogP contribution in [0.3, 0.4) is 0 Å². The Morgan fingerprint density at radius 3 is 2.65 bits per heavy atom. The molecule has 0 N–H and O–H groups in total. The Hall–Kier alpha value is -2.18. The number of fused-ring (bicyclic) bond motifs is 1. The molecule has 2 heterocycles. The molecule has 3 aromatic rings. The van der Waals surface area contributed by atoms with E-state index in [2.05, 4.69) is 4.98 Å². The molecule has 4 rings (SSSR count). The van der Waals surface area contributed by atoms with E-state index in [1.54, 1.807) is 21.7 Å². The third-order valence-electron chi connectivity index (χ3n) is 4.78. The number of thiazole rings is 1. The average Bonchev–Trinajstić information content (AvgIpc) is 3.17. The maximum absolute atomic E-state index is 13.5. The van der Waals surface area contributed by atoms with Gasteiger partial charge in [0.15, 0.2) is 0 Å². The zero-order valence-corrected chi connectivity index (χ0v) is 16.6. The molecular formula is C20H20N2O2S2. The van der Waals surface area contributed by atoms with Gasteiger partial charge in [0.05, 0.1) is 21.3 Å². The molecule has 1 unspecified atom stereocenters. The molecule has 1 atom stereocenters. The number of aromatic nitrogens is 1. The van der Waals surface area contributed by atoms with Crippen molar-refractivity contribution in [1.29, 1.82) is 0 Å². The molecule has 6 heteroatoms. The predicted octanol–water partition coefficient (Wildman–Crippen LogP) is 4.57. The summed E-state index contributed by atoms with van der Waals surface area (Å²) < 4.78 is 28.6. The maximum Gasteiger partial charge on any atom is 0.264 e. The number of benzene rings is 2. The van der Waals surface area contributed by atoms with Crippen LogP contribution < -0.4 is 4.31 Å². The fraction of sp³-hybridized carbons (Fsp3) is 0.250. The van der Waals surface area contributed by atoms with E-state index in [0.717, 1.165) is 39.5 Å². The molecule has 0 bridgehead atoms. The summed E-state index contributed by atoms with van der Waals surface area (Å²) in [5, 5.41) is 2.93. The number of sulfonamides is 1. The molecule has 4 nitrogen and oxygen atoms in total. The van der Waals surface area contributed by atoms with Crippen LogP contribution in [-0.2, 0) is 16.4 Å². The van der Waals surface area contributed by atoms with Gasteiger partial charge in [-0.25, -0.2) is 13.4 Å². The molecule has 2 aromatic carbocycles. The average molecular weight is 385 g/mol. The molecule has 1 aliphatic rings. The van der Waals surface area contributed by atoms with Crippen molar-refractivity contribution in [2.75, 3.05) is 4.31 Å². The summed E-state index contributed by atoms with van der Waals surface area (Å²) in [4.78, 5) is 4.84. The largest absolute Gasteiger partial charge is 0.264 e. The first-order chi connectivity index (χ1) is 12.4. The molecule has 0 aliphatic carbocycles. The zero-order chi connectivity index (χ0) is 18.5. The van der Waals surface area contributed by atoms with Gasteiger partial charge in [0.25, 0.3) is 10.0 Å². The minimum absolute atomic E-state index is 0.0954. The van der Waals surface area contributed by atoms with Gasteiger partial charge in [-0.3, -0.25) is 4.31 Å². The Labute approximate surface area is 158 Å². The van der Waals surface area contributed by atoms with Crippen LogP contribution in [0.15, 0.2) is 52.7 Å². The topological polar surface area (TPSA) is 50.3 Å². The summed E-state index contributed by atoms with van der Waals surface area (Å²) in [5.74, 6) is 0. The number of para-hydroxylation sites is 1. The molecule has 26 heavy (non-hydrogen) atoms. The van der Waals surface area contributed by atoms with Crippen LogP contribution >= 0.6 is 11.3 Å². The number of hydrogen-bond acceptors (Lipinski definition) is 4. The monoisotopic (exact) mass is 384 g/mol. The highest BCUT2D eigenvalue weighted by atomic mass is 32.2. The third kappa shape index (κ3) is 2.73. The highest BCUT2D eigenvalue weighted by Crippen LogP contribution is 2.38. The smallest absolute Gasteiger partial charge is 0.263 e. The van der Waals surface area contributed by atoms with E-state index in [-0.39, 0.29) is 6.04 Å². The van der Waals surface area contributed by atoms with Crippen LogP contribution in [0.5, 0.6) is 0 Å². The van der Waals surface area contributed by atoms with Gasteiger partial charge >= 0.3 is 0 Å². The molecule has 1 aromatic heterocycles. The van der Waals surface area contributed by atoms with Crippen molar-refractivity contribution in [3.8, 4) is 11.3 Å². The first-order valence-corrected chi connectivity index (χ1v) is 10.9. The molecule has 0 amide bonds. The summed E-state index contributed by atoms with van der Waals surface area (Å²) in [6.45, 7) is 5.75. The molecule has 134 valence electrons. The Morgan fingerprint density at radius 1 is 1.15 bits per heavy atom. The number of nitrogens with zero attached hydrogens (tertiary/aromatic N) is 2. The Bertz CT molecular complexity index is 1090. The van der Waals surface area contributed by atoms with E-state index < -0.39 is 10.0 Å². The highest BCUT2D eigenvalue weighted by molar-refractivity contribution is 7.93. The number of hydrogen-bond donors (Lipinski definition) is 0. The number of rotatable bonds is 3. The van der Waals surface area contributed by atoms with Gasteiger partial charge in [0.2, 0.25) is 0 Å². The van der Waals surface area contributed by atoms with Crippen molar-refractivity contribution in [3.63, 3.8) is 0 Å². The van der Waals surface area contributed by atoms with Gasteiger partial charge < -0.3 is 0 Å². The van der Waals surface area contributed by atoms with Crippen molar-refractivity contribution >= 4 is 27.0 Å². The fourth-order valence-corrected chi connectivity index (χ4v) is 6.11. The van der Waals surface area contributed by atoms with Gasteiger partial charge in [0, 0.05) is 17.0 Å². The van der Waals surface area contributed by atoms with E-state index >= 15 is 0 Å². The standard InChI is InChI=1S/C20H20N2O2S2/c1-13-8-9-16(18-12-25-15(3)21-18)11-20(13)26(23,24)22-14(2)10-17-6-4-5-7-19(17)22/h4-9,11-12,14H,10H2,1-3H3. The molecular weight excluding hydrogens is 364 g/mol. The lowest BCUT2D eigenvalue weighted by Crippen LogP contribution is -2.36. The van der Waals surface area contributed by atoms with E-state index in [9.17, 15) is 8.42 Å². The van der Waals surface area contributed by atoms with Crippen molar-refractivity contribution in [2.45, 2.75) is 38.1 Å². The summed E-state index contributed by atoms with van der Waals surface area (Å²) in [5.41, 5.74) is 4.26. The highest BCUT2D eigenvalue weighted by Gasteiger charge is 2.36. The number of anilines is 1. The number of aryl methyl sites for hydroxylation is 2. The first-order valence-electron chi connectivity index (χ1n) is 8.53. The second kappa shape index (κ2) is 6.21. The summed E-state index contributed by atoms with van der Waals surface area (Å²) in [6, 6.07) is 13.2. The van der Waals surface area contributed by atoms with Gasteiger partial charge in [-0.1, -0.05) is 30.3 Å². The zero-order valence-electron chi connectivity index (χ0n) is 14.9. The predicted molar refractivity (Wildman–Crippen MR) is 106 cm³/mol. The summed E-state index contributed by atoms with van der Waals surface area (Å²) in [7, 11) is -3.65. The van der Waals surface area contributed by atoms with E-state index in [4.69, 9.17) is 0 Å². The molecule has 1 aliphatic heterocycles. The van der Waals surface area contributed by atoms with Crippen molar-refractivity contribution < 1.29 is 8.42 Å². The van der Waals surface area contributed by atoms with Crippen LogP contribution in [-0.4, -0.2) is 19.4 Å². The van der Waals surface area contributed by atoms with Gasteiger partial charge in [0.1, 0.15) is 0 Å². The summed E-state index contributed by atoms with van der Waals surface area (Å²) in [6.07, 6.45) is 0.736. The lowest BCUT2D eigenvalue weighted by molar-refractivity contribution is 0.583. The van der Waals surface area contributed by atoms with Crippen molar-refractivity contribution in [2.24, 2.45) is 0 Å². The van der Waals surface area contributed by atoms with Crippen LogP contribution in [0.4, 0.5) is 5.69 Å². The Morgan fingerprint density at radius 2 is 1.92 bits per heavy atom. The Kier molecular flexibility index (Phi) is 4.12. The van der Waals surface area contributed by atoms with Crippen LogP contribution in [0, 0.1) is 13.8 Å². The molecule has 0 saturated carbocycles. The molecule has 0 spiro atoms. The minimum atomic E-state index is -3.65. The normalized spacial score (nSPS) is 16.7. The third-order valence-corrected chi connectivity index (χ3v) is 7.63. The van der Waals surface area contributed by atoms with Crippen LogP contribution in [0.25, 0.3) is 11.3 Å². The van der Waals surface area contributed by atoms with Gasteiger partial charge in [-0.15, -0.1) is 11.3 Å². The van der Waals surface area contributed by atoms with Crippen molar-refractivity contribution in [3.05, 3.63) is 64.0 Å². The maximum atomic E-state index is 13.5. The molecule has 0 fully saturated rings. The Balaban J connectivity index is 1.84. The van der Waals surface area contributed by atoms with E-state index in [1.807, 2.05) is 62.5 Å². The van der Waals surface area contributed by atoms with E-state index in [1.165, 1.54) is 0 Å².